The molecule has 2 aromatic heterocycles. The van der Waals surface area contributed by atoms with Crippen molar-refractivity contribution in [1.82, 2.24) is 20.3 Å². The molecular formula is C16H18N4O4S. The molecule has 1 aliphatic rings. The van der Waals surface area contributed by atoms with E-state index in [2.05, 4.69) is 20.3 Å². The first-order chi connectivity index (χ1) is 12.0. The van der Waals surface area contributed by atoms with Crippen molar-refractivity contribution in [1.29, 1.82) is 0 Å². The maximum atomic E-state index is 12.7. The molecule has 3 rings (SSSR count). The van der Waals surface area contributed by atoms with Crippen LogP contribution < -0.4 is 5.32 Å². The molecular weight excluding hydrogens is 344 g/mol. The first-order valence-electron chi connectivity index (χ1n) is 7.86. The number of carbonyl (C=O) groups is 2. The summed E-state index contributed by atoms with van der Waals surface area (Å²) in [6, 6.07) is 1.71. The largest absolute Gasteiger partial charge is 0.481 e. The van der Waals surface area contributed by atoms with Gasteiger partial charge < -0.3 is 15.2 Å². The summed E-state index contributed by atoms with van der Waals surface area (Å²) in [4.78, 5) is 37.1. The zero-order chi connectivity index (χ0) is 17.9. The third kappa shape index (κ3) is 3.99. The third-order valence-electron chi connectivity index (χ3n) is 4.08. The SMILES string of the molecule is Cc1nc(-c2ncccn2)sc1C(=O)NC1(CC(=O)O)CCOCC1. The van der Waals surface area contributed by atoms with Crippen molar-refractivity contribution in [3.8, 4) is 10.8 Å². The van der Waals surface area contributed by atoms with Crippen LogP contribution in [0.4, 0.5) is 0 Å². The zero-order valence-corrected chi connectivity index (χ0v) is 14.5. The molecule has 1 amide bonds. The van der Waals surface area contributed by atoms with Gasteiger partial charge in [0.05, 0.1) is 17.7 Å². The number of nitrogens with zero attached hydrogens (tertiary/aromatic N) is 3. The van der Waals surface area contributed by atoms with Gasteiger partial charge in [0.25, 0.3) is 5.91 Å². The Kier molecular flexibility index (Phi) is 5.05. The van der Waals surface area contributed by atoms with E-state index in [1.54, 1.807) is 25.4 Å². The van der Waals surface area contributed by atoms with Gasteiger partial charge in [0.15, 0.2) is 10.8 Å². The lowest BCUT2D eigenvalue weighted by Crippen LogP contribution is -2.53. The van der Waals surface area contributed by atoms with Gasteiger partial charge in [-0.3, -0.25) is 9.59 Å². The molecule has 25 heavy (non-hydrogen) atoms. The molecule has 2 N–H and O–H groups in total. The van der Waals surface area contributed by atoms with Crippen LogP contribution in [0.15, 0.2) is 18.5 Å². The van der Waals surface area contributed by atoms with Gasteiger partial charge in [-0.05, 0) is 25.8 Å². The Morgan fingerprint density at radius 3 is 2.64 bits per heavy atom. The van der Waals surface area contributed by atoms with Crippen LogP contribution in [0.2, 0.25) is 0 Å². The average molecular weight is 362 g/mol. The first-order valence-corrected chi connectivity index (χ1v) is 8.68. The van der Waals surface area contributed by atoms with E-state index in [1.165, 1.54) is 11.3 Å². The van der Waals surface area contributed by atoms with Gasteiger partial charge in [-0.1, -0.05) is 0 Å². The minimum absolute atomic E-state index is 0.130. The molecule has 1 saturated heterocycles. The molecule has 132 valence electrons. The highest BCUT2D eigenvalue weighted by molar-refractivity contribution is 7.17. The number of carboxylic acids is 1. The maximum absolute atomic E-state index is 12.7. The Labute approximate surface area is 148 Å². The summed E-state index contributed by atoms with van der Waals surface area (Å²) in [5.41, 5.74) is -0.219. The predicted octanol–water partition coefficient (Wildman–Crippen LogP) is 1.66. The van der Waals surface area contributed by atoms with Crippen molar-refractivity contribution in [2.75, 3.05) is 13.2 Å². The lowest BCUT2D eigenvalue weighted by molar-refractivity contribution is -0.139. The van der Waals surface area contributed by atoms with Crippen molar-refractivity contribution < 1.29 is 19.4 Å². The van der Waals surface area contributed by atoms with Crippen LogP contribution in [0.3, 0.4) is 0 Å². The normalized spacial score (nSPS) is 16.4. The van der Waals surface area contributed by atoms with Crippen LogP contribution in [0, 0.1) is 6.92 Å². The van der Waals surface area contributed by atoms with Gasteiger partial charge >= 0.3 is 5.97 Å². The Morgan fingerprint density at radius 2 is 2.00 bits per heavy atom. The Hall–Kier alpha value is -2.39. The molecule has 8 nitrogen and oxygen atoms in total. The number of carbonyl (C=O) groups excluding carboxylic acids is 1. The van der Waals surface area contributed by atoms with Crippen LogP contribution in [0.25, 0.3) is 10.8 Å². The molecule has 0 spiro atoms. The summed E-state index contributed by atoms with van der Waals surface area (Å²) in [6.07, 6.45) is 4.04. The summed E-state index contributed by atoms with van der Waals surface area (Å²) >= 11 is 1.20. The molecule has 0 saturated carbocycles. The van der Waals surface area contributed by atoms with Gasteiger partial charge in [-0.15, -0.1) is 11.3 Å². The lowest BCUT2D eigenvalue weighted by atomic mass is 9.86. The van der Waals surface area contributed by atoms with Gasteiger partial charge in [-0.2, -0.15) is 0 Å². The maximum Gasteiger partial charge on any atom is 0.305 e. The van der Waals surface area contributed by atoms with E-state index >= 15 is 0 Å². The minimum atomic E-state index is -0.943. The molecule has 0 bridgehead atoms. The van der Waals surface area contributed by atoms with Gasteiger partial charge in [0, 0.05) is 25.6 Å². The number of aliphatic carboxylic acids is 1. The van der Waals surface area contributed by atoms with E-state index in [9.17, 15) is 14.7 Å². The van der Waals surface area contributed by atoms with Gasteiger partial charge in [-0.25, -0.2) is 15.0 Å². The summed E-state index contributed by atoms with van der Waals surface area (Å²) in [5.74, 6) is -0.803. The van der Waals surface area contributed by atoms with E-state index in [1.807, 2.05) is 0 Å². The molecule has 3 heterocycles. The molecule has 9 heteroatoms. The third-order valence-corrected chi connectivity index (χ3v) is 5.23. The average Bonchev–Trinajstić information content (AvgIpc) is 2.97. The minimum Gasteiger partial charge on any atom is -0.481 e. The highest BCUT2D eigenvalue weighted by atomic mass is 32.1. The fraction of sp³-hybridized carbons (Fsp3) is 0.438. The summed E-state index contributed by atoms with van der Waals surface area (Å²) in [5, 5.41) is 12.7. The fourth-order valence-electron chi connectivity index (χ4n) is 2.81. The molecule has 0 aromatic carbocycles. The van der Waals surface area contributed by atoms with Crippen molar-refractivity contribution in [3.05, 3.63) is 29.0 Å². The second kappa shape index (κ2) is 7.24. The summed E-state index contributed by atoms with van der Waals surface area (Å²) in [7, 11) is 0. The number of aromatic nitrogens is 3. The van der Waals surface area contributed by atoms with E-state index in [-0.39, 0.29) is 12.3 Å². The second-order valence-corrected chi connectivity index (χ2v) is 6.92. The number of thiazole rings is 1. The Balaban J connectivity index is 1.82. The van der Waals surface area contributed by atoms with Gasteiger partial charge in [0.1, 0.15) is 4.88 Å². The fourth-order valence-corrected chi connectivity index (χ4v) is 3.72. The standard InChI is InChI=1S/C16H18N4O4S/c1-10-12(25-15(19-10)13-17-5-2-6-18-13)14(23)20-16(9-11(21)22)3-7-24-8-4-16/h2,5-6H,3-4,7-9H2,1H3,(H,20,23)(H,21,22). The molecule has 2 aromatic rings. The van der Waals surface area contributed by atoms with Crippen LogP contribution >= 0.6 is 11.3 Å². The number of nitrogens with one attached hydrogen (secondary N) is 1. The lowest BCUT2D eigenvalue weighted by Gasteiger charge is -2.36. The van der Waals surface area contributed by atoms with E-state index < -0.39 is 11.5 Å². The molecule has 0 unspecified atom stereocenters. The van der Waals surface area contributed by atoms with Gasteiger partial charge in [0.2, 0.25) is 0 Å². The molecule has 0 aliphatic carbocycles. The van der Waals surface area contributed by atoms with Crippen molar-refractivity contribution in [2.24, 2.45) is 0 Å². The number of amides is 1. The highest BCUT2D eigenvalue weighted by Gasteiger charge is 2.37. The molecule has 1 fully saturated rings. The van der Waals surface area contributed by atoms with Crippen molar-refractivity contribution in [2.45, 2.75) is 31.7 Å². The number of ether oxygens (including phenoxy) is 1. The first kappa shape index (κ1) is 17.4. The number of hydrogen-bond acceptors (Lipinski definition) is 7. The van der Waals surface area contributed by atoms with E-state index in [0.29, 0.717) is 47.5 Å². The number of aryl methyl sites for hydroxylation is 1. The predicted molar refractivity (Wildman–Crippen MR) is 90.4 cm³/mol. The quantitative estimate of drug-likeness (QED) is 0.831. The van der Waals surface area contributed by atoms with Crippen LogP contribution in [0.1, 0.15) is 34.6 Å². The number of hydrogen-bond donors (Lipinski definition) is 2. The summed E-state index contributed by atoms with van der Waals surface area (Å²) < 4.78 is 5.31. The van der Waals surface area contributed by atoms with Crippen LogP contribution in [-0.2, 0) is 9.53 Å². The van der Waals surface area contributed by atoms with E-state index in [4.69, 9.17) is 4.74 Å². The highest BCUT2D eigenvalue weighted by Crippen LogP contribution is 2.29. The second-order valence-electron chi connectivity index (χ2n) is 5.92. The molecule has 1 aliphatic heterocycles. The monoisotopic (exact) mass is 362 g/mol. The Morgan fingerprint density at radius 1 is 1.32 bits per heavy atom. The topological polar surface area (TPSA) is 114 Å². The number of carboxylic acid groups (broad SMARTS) is 1. The molecule has 0 atom stereocenters. The Bertz CT molecular complexity index is 772. The number of rotatable bonds is 5. The van der Waals surface area contributed by atoms with Crippen LogP contribution in [-0.4, -0.2) is 50.7 Å². The van der Waals surface area contributed by atoms with Crippen molar-refractivity contribution in [3.63, 3.8) is 0 Å². The summed E-state index contributed by atoms with van der Waals surface area (Å²) in [6.45, 7) is 2.60. The molecule has 0 radical (unpaired) electrons. The van der Waals surface area contributed by atoms with Crippen LogP contribution in [0.5, 0.6) is 0 Å². The van der Waals surface area contributed by atoms with Crippen molar-refractivity contribution >= 4 is 23.2 Å². The smallest absolute Gasteiger partial charge is 0.305 e. The zero-order valence-electron chi connectivity index (χ0n) is 13.7. The van der Waals surface area contributed by atoms with E-state index in [0.717, 1.165) is 0 Å².